The maximum atomic E-state index is 5.35. The number of rotatable bonds is 8. The van der Waals surface area contributed by atoms with E-state index in [0.29, 0.717) is 0 Å². The van der Waals surface area contributed by atoms with Crippen molar-refractivity contribution < 1.29 is 9.47 Å². The van der Waals surface area contributed by atoms with E-state index in [2.05, 4.69) is 77.7 Å². The Morgan fingerprint density at radius 3 is 1.30 bits per heavy atom. The van der Waals surface area contributed by atoms with Crippen LogP contribution in [0.5, 0.6) is 11.5 Å². The van der Waals surface area contributed by atoms with Gasteiger partial charge in [-0.1, -0.05) is 36.4 Å². The van der Waals surface area contributed by atoms with Gasteiger partial charge in [-0.2, -0.15) is 0 Å². The second-order valence-electron chi connectivity index (χ2n) is 8.44. The number of aliphatic imine (C=N–C) groups is 1. The van der Waals surface area contributed by atoms with E-state index in [-0.39, 0.29) is 0 Å². The second kappa shape index (κ2) is 11.3. The molecule has 0 aromatic heterocycles. The van der Waals surface area contributed by atoms with E-state index in [0.717, 1.165) is 51.1 Å². The van der Waals surface area contributed by atoms with Gasteiger partial charge >= 0.3 is 0 Å². The van der Waals surface area contributed by atoms with Gasteiger partial charge in [0.1, 0.15) is 11.5 Å². The van der Waals surface area contributed by atoms with Crippen LogP contribution >= 0.6 is 0 Å². The Balaban J connectivity index is 1.54. The number of benzene rings is 5. The van der Waals surface area contributed by atoms with Crippen LogP contribution in [0.2, 0.25) is 0 Å². The van der Waals surface area contributed by atoms with Crippen molar-refractivity contribution in [3.8, 4) is 11.5 Å². The molecule has 0 aliphatic heterocycles. The first-order valence-electron chi connectivity index (χ1n) is 12.1. The van der Waals surface area contributed by atoms with Gasteiger partial charge in [0.15, 0.2) is 0 Å². The van der Waals surface area contributed by atoms with Crippen molar-refractivity contribution in [2.24, 2.45) is 4.99 Å². The highest BCUT2D eigenvalue weighted by Crippen LogP contribution is 2.35. The van der Waals surface area contributed by atoms with Crippen LogP contribution in [0.3, 0.4) is 0 Å². The summed E-state index contributed by atoms with van der Waals surface area (Å²) in [7, 11) is 3.34. The van der Waals surface area contributed by atoms with Crippen molar-refractivity contribution in [1.82, 2.24) is 0 Å². The quantitative estimate of drug-likeness (QED) is 0.208. The number of methoxy groups -OCH3 is 2. The monoisotopic (exact) mass is 484 g/mol. The third-order valence-electron chi connectivity index (χ3n) is 6.10. The zero-order valence-corrected chi connectivity index (χ0v) is 20.9. The molecule has 5 aromatic carbocycles. The van der Waals surface area contributed by atoms with Crippen LogP contribution in [0.4, 0.5) is 22.7 Å². The summed E-state index contributed by atoms with van der Waals surface area (Å²) in [6, 6.07) is 45.0. The molecule has 4 nitrogen and oxygen atoms in total. The lowest BCUT2D eigenvalue weighted by atomic mass is 10.0. The number of para-hydroxylation sites is 2. The second-order valence-corrected chi connectivity index (χ2v) is 8.44. The summed E-state index contributed by atoms with van der Waals surface area (Å²) in [5.74, 6) is 1.62. The molecule has 0 saturated heterocycles. The lowest BCUT2D eigenvalue weighted by Crippen LogP contribution is -2.09. The molecular weight excluding hydrogens is 456 g/mol. The third-order valence-corrected chi connectivity index (χ3v) is 6.10. The molecule has 5 aromatic rings. The fourth-order valence-electron chi connectivity index (χ4n) is 4.20. The average Bonchev–Trinajstić information content (AvgIpc) is 2.98. The molecule has 182 valence electrons. The molecule has 0 aliphatic carbocycles. The summed E-state index contributed by atoms with van der Waals surface area (Å²) < 4.78 is 10.7. The van der Waals surface area contributed by atoms with Gasteiger partial charge in [-0.05, 0) is 97.1 Å². The summed E-state index contributed by atoms with van der Waals surface area (Å²) in [6.07, 6.45) is 0. The Morgan fingerprint density at radius 2 is 0.892 bits per heavy atom. The molecule has 0 spiro atoms. The summed E-state index contributed by atoms with van der Waals surface area (Å²) in [4.78, 5) is 7.31. The van der Waals surface area contributed by atoms with Gasteiger partial charge in [0, 0.05) is 28.2 Å². The molecule has 0 unspecified atom stereocenters. The number of ether oxygens (including phenoxy) is 2. The zero-order valence-electron chi connectivity index (χ0n) is 20.9. The number of nitrogens with zero attached hydrogens (tertiary/aromatic N) is 2. The van der Waals surface area contributed by atoms with E-state index in [1.165, 1.54) is 0 Å². The predicted molar refractivity (Wildman–Crippen MR) is 152 cm³/mol. The number of anilines is 3. The smallest absolute Gasteiger partial charge is 0.118 e. The maximum absolute atomic E-state index is 5.35. The fraction of sp³-hybridized carbons (Fsp3) is 0.0606. The van der Waals surface area contributed by atoms with Crippen molar-refractivity contribution in [2.45, 2.75) is 0 Å². The van der Waals surface area contributed by atoms with Gasteiger partial charge in [-0.3, -0.25) is 0 Å². The molecule has 0 atom stereocenters. The van der Waals surface area contributed by atoms with Crippen molar-refractivity contribution in [1.29, 1.82) is 0 Å². The molecule has 37 heavy (non-hydrogen) atoms. The maximum Gasteiger partial charge on any atom is 0.118 e. The summed E-state index contributed by atoms with van der Waals surface area (Å²) in [5.41, 5.74) is 7.01. The first-order chi connectivity index (χ1) is 18.2. The summed E-state index contributed by atoms with van der Waals surface area (Å²) in [6.45, 7) is 0. The van der Waals surface area contributed by atoms with E-state index in [1.807, 2.05) is 60.7 Å². The number of hydrogen-bond acceptors (Lipinski definition) is 4. The van der Waals surface area contributed by atoms with Gasteiger partial charge in [0.05, 0.1) is 25.6 Å². The molecule has 0 N–H and O–H groups in total. The van der Waals surface area contributed by atoms with E-state index >= 15 is 0 Å². The van der Waals surface area contributed by atoms with Crippen LogP contribution in [-0.2, 0) is 0 Å². The standard InChI is InChI=1S/C33H28N2O2/c1-36-31-21-13-25(14-22-31)33(26-15-23-32(37-2)24-16-26)34-27-17-19-30(20-18-27)35(28-9-5-3-6-10-28)29-11-7-4-8-12-29/h3-24H,1-2H3. The first-order valence-corrected chi connectivity index (χ1v) is 12.1. The highest BCUT2D eigenvalue weighted by molar-refractivity contribution is 6.14. The SMILES string of the molecule is COc1ccc(C(=Nc2ccc(N(c3ccccc3)c3ccccc3)cc2)c2ccc(OC)cc2)cc1. The lowest BCUT2D eigenvalue weighted by molar-refractivity contribution is 0.414. The van der Waals surface area contributed by atoms with Crippen LogP contribution in [0.1, 0.15) is 11.1 Å². The molecular formula is C33H28N2O2. The molecule has 0 amide bonds. The minimum absolute atomic E-state index is 0.809. The van der Waals surface area contributed by atoms with Gasteiger partial charge in [0.25, 0.3) is 0 Å². The van der Waals surface area contributed by atoms with Gasteiger partial charge in [-0.15, -0.1) is 0 Å². The predicted octanol–water partition coefficient (Wildman–Crippen LogP) is 8.34. The normalized spacial score (nSPS) is 10.4. The van der Waals surface area contributed by atoms with Crippen LogP contribution in [-0.4, -0.2) is 19.9 Å². The Labute approximate surface area is 218 Å². The third kappa shape index (κ3) is 5.54. The Morgan fingerprint density at radius 1 is 0.486 bits per heavy atom. The van der Waals surface area contributed by atoms with E-state index < -0.39 is 0 Å². The van der Waals surface area contributed by atoms with Crippen molar-refractivity contribution >= 4 is 28.5 Å². The summed E-state index contributed by atoms with van der Waals surface area (Å²) >= 11 is 0. The Bertz CT molecular complexity index is 1360. The molecule has 0 heterocycles. The van der Waals surface area contributed by atoms with Crippen LogP contribution in [0, 0.1) is 0 Å². The minimum atomic E-state index is 0.809. The molecule has 0 radical (unpaired) electrons. The number of hydrogen-bond donors (Lipinski definition) is 0. The molecule has 0 saturated carbocycles. The van der Waals surface area contributed by atoms with Crippen LogP contribution in [0.15, 0.2) is 138 Å². The molecule has 4 heteroatoms. The fourth-order valence-corrected chi connectivity index (χ4v) is 4.20. The Kier molecular flexibility index (Phi) is 7.28. The van der Waals surface area contributed by atoms with Crippen molar-refractivity contribution in [3.05, 3.63) is 145 Å². The van der Waals surface area contributed by atoms with Gasteiger partial charge in [-0.25, -0.2) is 4.99 Å². The van der Waals surface area contributed by atoms with Crippen molar-refractivity contribution in [3.63, 3.8) is 0 Å². The highest BCUT2D eigenvalue weighted by Gasteiger charge is 2.13. The van der Waals surface area contributed by atoms with Crippen molar-refractivity contribution in [2.75, 3.05) is 19.1 Å². The lowest BCUT2D eigenvalue weighted by Gasteiger charge is -2.25. The topological polar surface area (TPSA) is 34.1 Å². The first kappa shape index (κ1) is 23.9. The highest BCUT2D eigenvalue weighted by atomic mass is 16.5. The van der Waals surface area contributed by atoms with Gasteiger partial charge in [0.2, 0.25) is 0 Å². The Hall–Kier alpha value is -4.83. The van der Waals surface area contributed by atoms with Crippen LogP contribution in [0.25, 0.3) is 0 Å². The molecule has 0 bridgehead atoms. The van der Waals surface area contributed by atoms with Crippen LogP contribution < -0.4 is 14.4 Å². The molecule has 5 rings (SSSR count). The van der Waals surface area contributed by atoms with E-state index in [9.17, 15) is 0 Å². The largest absolute Gasteiger partial charge is 0.497 e. The average molecular weight is 485 g/mol. The molecule has 0 fully saturated rings. The summed E-state index contributed by atoms with van der Waals surface area (Å²) in [5, 5.41) is 0. The van der Waals surface area contributed by atoms with Gasteiger partial charge < -0.3 is 14.4 Å². The minimum Gasteiger partial charge on any atom is -0.497 e. The zero-order chi connectivity index (χ0) is 25.5. The molecule has 0 aliphatic rings. The van der Waals surface area contributed by atoms with E-state index in [4.69, 9.17) is 14.5 Å². The van der Waals surface area contributed by atoms with E-state index in [1.54, 1.807) is 14.2 Å².